The number of H-pyrrole nitrogens is 1. The van der Waals surface area contributed by atoms with Crippen molar-refractivity contribution in [1.82, 2.24) is 15.1 Å². The molecule has 3 aliphatic rings. The van der Waals surface area contributed by atoms with E-state index in [1.165, 1.54) is 36.9 Å². The molecule has 2 aliphatic carbocycles. The van der Waals surface area contributed by atoms with Gasteiger partial charge in [-0.1, -0.05) is 12.5 Å². The quantitative estimate of drug-likeness (QED) is 0.761. The van der Waals surface area contributed by atoms with E-state index in [0.29, 0.717) is 17.6 Å². The summed E-state index contributed by atoms with van der Waals surface area (Å²) >= 11 is 3.15. The maximum absolute atomic E-state index is 14.1. The molecule has 0 bridgehead atoms. The van der Waals surface area contributed by atoms with E-state index in [1.54, 1.807) is 23.1 Å². The number of carbonyl (C=O) groups is 1. The van der Waals surface area contributed by atoms with Crippen molar-refractivity contribution in [2.24, 2.45) is 5.92 Å². The summed E-state index contributed by atoms with van der Waals surface area (Å²) in [5, 5.41) is 10.6. The first kappa shape index (κ1) is 16.3. The molecule has 2 saturated carbocycles. The van der Waals surface area contributed by atoms with Gasteiger partial charge in [-0.15, -0.1) is 0 Å². The van der Waals surface area contributed by atoms with Gasteiger partial charge in [-0.25, -0.2) is 9.18 Å². The first-order valence-corrected chi connectivity index (χ1v) is 9.94. The lowest BCUT2D eigenvalue weighted by Gasteiger charge is -2.28. The van der Waals surface area contributed by atoms with Crippen molar-refractivity contribution in [2.75, 3.05) is 11.9 Å². The van der Waals surface area contributed by atoms with Crippen LogP contribution in [-0.4, -0.2) is 27.7 Å². The number of carbonyl (C=O) groups excluding carboxylic acids is 1. The standard InChI is InChI=1S/C19H20BrFN4O/c20-13-4-1-5-15(16(13)21)22-18(26)25-8-6-14-12(10-25)17(24-23-14)19-7-2-3-11(19)9-19/h1,4-5,11H,2-3,6-10H2,(H,22,26)(H,23,24). The van der Waals surface area contributed by atoms with Crippen LogP contribution < -0.4 is 5.32 Å². The molecule has 0 spiro atoms. The molecule has 2 atom stereocenters. The Morgan fingerprint density at radius 3 is 3.12 bits per heavy atom. The van der Waals surface area contributed by atoms with Crippen molar-refractivity contribution in [2.45, 2.75) is 44.1 Å². The fourth-order valence-electron chi connectivity index (χ4n) is 4.81. The summed E-state index contributed by atoms with van der Waals surface area (Å²) in [6.45, 7) is 1.14. The Labute approximate surface area is 159 Å². The Morgan fingerprint density at radius 2 is 2.35 bits per heavy atom. The number of urea groups is 1. The number of rotatable bonds is 2. The minimum atomic E-state index is -0.451. The zero-order valence-corrected chi connectivity index (χ0v) is 15.9. The van der Waals surface area contributed by atoms with Gasteiger partial charge in [0.25, 0.3) is 0 Å². The molecule has 26 heavy (non-hydrogen) atoms. The summed E-state index contributed by atoms with van der Waals surface area (Å²) in [4.78, 5) is 14.4. The lowest BCUT2D eigenvalue weighted by atomic mass is 9.92. The Balaban J connectivity index is 1.36. The molecule has 2 N–H and O–H groups in total. The predicted octanol–water partition coefficient (Wildman–Crippen LogP) is 4.34. The molecule has 1 aromatic carbocycles. The highest BCUT2D eigenvalue weighted by atomic mass is 79.9. The lowest BCUT2D eigenvalue weighted by Crippen LogP contribution is -2.39. The Morgan fingerprint density at radius 1 is 1.46 bits per heavy atom. The van der Waals surface area contributed by atoms with E-state index in [9.17, 15) is 9.18 Å². The summed E-state index contributed by atoms with van der Waals surface area (Å²) in [6, 6.07) is 4.62. The summed E-state index contributed by atoms with van der Waals surface area (Å²) in [5.74, 6) is 0.322. The van der Waals surface area contributed by atoms with Crippen LogP contribution in [0.4, 0.5) is 14.9 Å². The lowest BCUT2D eigenvalue weighted by molar-refractivity contribution is 0.205. The number of aromatic nitrogens is 2. The average molecular weight is 419 g/mol. The van der Waals surface area contributed by atoms with Gasteiger partial charge in [0.2, 0.25) is 0 Å². The summed E-state index contributed by atoms with van der Waals surface area (Å²) in [5.41, 5.74) is 3.98. The molecule has 7 heteroatoms. The van der Waals surface area contributed by atoms with E-state index < -0.39 is 5.82 Å². The largest absolute Gasteiger partial charge is 0.322 e. The number of hydrogen-bond acceptors (Lipinski definition) is 2. The normalized spacial score (nSPS) is 26.4. The molecule has 5 rings (SSSR count). The van der Waals surface area contributed by atoms with Crippen LogP contribution in [0.15, 0.2) is 22.7 Å². The Hall–Kier alpha value is -1.89. The maximum Gasteiger partial charge on any atom is 0.322 e. The van der Waals surface area contributed by atoms with Crippen LogP contribution in [0.5, 0.6) is 0 Å². The van der Waals surface area contributed by atoms with Crippen molar-refractivity contribution in [1.29, 1.82) is 0 Å². The molecule has 2 unspecified atom stereocenters. The number of fused-ring (bicyclic) bond motifs is 2. The third kappa shape index (κ3) is 2.40. The van der Waals surface area contributed by atoms with Gasteiger partial charge in [0.1, 0.15) is 0 Å². The van der Waals surface area contributed by atoms with E-state index in [-0.39, 0.29) is 17.1 Å². The Bertz CT molecular complexity index is 898. The number of halogens is 2. The number of nitrogens with zero attached hydrogens (tertiary/aromatic N) is 2. The fraction of sp³-hybridized carbons (Fsp3) is 0.474. The molecule has 136 valence electrons. The summed E-state index contributed by atoms with van der Waals surface area (Å²) < 4.78 is 14.5. The van der Waals surface area contributed by atoms with Crippen LogP contribution in [0, 0.1) is 11.7 Å². The SMILES string of the molecule is O=C(Nc1cccc(Br)c1F)N1CCc2[nH]nc(C34CCCC3C4)c2C1. The summed E-state index contributed by atoms with van der Waals surface area (Å²) in [7, 11) is 0. The van der Waals surface area contributed by atoms with Gasteiger partial charge < -0.3 is 10.2 Å². The van der Waals surface area contributed by atoms with Crippen LogP contribution in [0.1, 0.15) is 42.6 Å². The van der Waals surface area contributed by atoms with Crippen LogP contribution >= 0.6 is 15.9 Å². The predicted molar refractivity (Wildman–Crippen MR) is 99.5 cm³/mol. The first-order valence-electron chi connectivity index (χ1n) is 9.15. The molecule has 2 fully saturated rings. The minimum Gasteiger partial charge on any atom is -0.320 e. The smallest absolute Gasteiger partial charge is 0.320 e. The monoisotopic (exact) mass is 418 g/mol. The third-order valence-electron chi connectivity index (χ3n) is 6.29. The third-order valence-corrected chi connectivity index (χ3v) is 6.91. The zero-order chi connectivity index (χ0) is 17.9. The minimum absolute atomic E-state index is 0.194. The van der Waals surface area contributed by atoms with Crippen LogP contribution in [0.3, 0.4) is 0 Å². The number of anilines is 1. The van der Waals surface area contributed by atoms with Gasteiger partial charge in [-0.05, 0) is 53.2 Å². The van der Waals surface area contributed by atoms with Crippen molar-refractivity contribution < 1.29 is 9.18 Å². The van der Waals surface area contributed by atoms with Crippen LogP contribution in [-0.2, 0) is 18.4 Å². The van der Waals surface area contributed by atoms with Gasteiger partial charge in [0.05, 0.1) is 22.4 Å². The van der Waals surface area contributed by atoms with Crippen LogP contribution in [0.2, 0.25) is 0 Å². The molecule has 2 aromatic rings. The van der Waals surface area contributed by atoms with Crippen LogP contribution in [0.25, 0.3) is 0 Å². The molecule has 0 radical (unpaired) electrons. The fourth-order valence-corrected chi connectivity index (χ4v) is 5.18. The van der Waals surface area contributed by atoms with Crippen molar-refractivity contribution in [3.63, 3.8) is 0 Å². The van der Waals surface area contributed by atoms with Gasteiger partial charge in [-0.3, -0.25) is 5.10 Å². The van der Waals surface area contributed by atoms with Crippen molar-refractivity contribution in [3.05, 3.63) is 45.4 Å². The second-order valence-electron chi connectivity index (χ2n) is 7.68. The molecular formula is C19H20BrFN4O. The topological polar surface area (TPSA) is 61.0 Å². The molecule has 1 aliphatic heterocycles. The Kier molecular flexibility index (Phi) is 3.64. The molecule has 5 nitrogen and oxygen atoms in total. The first-order chi connectivity index (χ1) is 12.6. The highest BCUT2D eigenvalue weighted by molar-refractivity contribution is 9.10. The highest BCUT2D eigenvalue weighted by Gasteiger charge is 2.60. The van der Waals surface area contributed by atoms with Gasteiger partial charge in [0, 0.05) is 29.6 Å². The van der Waals surface area contributed by atoms with Gasteiger partial charge >= 0.3 is 6.03 Å². The number of benzene rings is 1. The number of hydrogen-bond donors (Lipinski definition) is 2. The average Bonchev–Trinajstić information content (AvgIpc) is 3.00. The maximum atomic E-state index is 14.1. The second-order valence-corrected chi connectivity index (χ2v) is 8.54. The second kappa shape index (κ2) is 5.81. The van der Waals surface area contributed by atoms with E-state index >= 15 is 0 Å². The summed E-state index contributed by atoms with van der Waals surface area (Å²) in [6.07, 6.45) is 5.79. The number of amides is 2. The number of aromatic amines is 1. The van der Waals surface area contributed by atoms with E-state index in [2.05, 4.69) is 31.4 Å². The van der Waals surface area contributed by atoms with E-state index in [1.807, 2.05) is 0 Å². The van der Waals surface area contributed by atoms with E-state index in [0.717, 1.165) is 18.0 Å². The van der Waals surface area contributed by atoms with Crippen molar-refractivity contribution >= 4 is 27.6 Å². The van der Waals surface area contributed by atoms with E-state index in [4.69, 9.17) is 0 Å². The molecule has 0 saturated heterocycles. The highest BCUT2D eigenvalue weighted by Crippen LogP contribution is 2.64. The molecule has 2 heterocycles. The van der Waals surface area contributed by atoms with Gasteiger partial charge in [-0.2, -0.15) is 5.10 Å². The van der Waals surface area contributed by atoms with Gasteiger partial charge in [0.15, 0.2) is 5.82 Å². The molecular weight excluding hydrogens is 399 g/mol. The zero-order valence-electron chi connectivity index (χ0n) is 14.3. The number of nitrogens with one attached hydrogen (secondary N) is 2. The molecule has 1 aromatic heterocycles. The molecule has 2 amide bonds. The van der Waals surface area contributed by atoms with Crippen molar-refractivity contribution in [3.8, 4) is 0 Å².